The van der Waals surface area contributed by atoms with E-state index in [0.717, 1.165) is 25.5 Å². The molecule has 6 nitrogen and oxygen atoms in total. The zero-order chi connectivity index (χ0) is 15.9. The Bertz CT molecular complexity index is 553. The van der Waals surface area contributed by atoms with Gasteiger partial charge in [-0.05, 0) is 39.0 Å². The van der Waals surface area contributed by atoms with Gasteiger partial charge in [0, 0.05) is 19.6 Å². The highest BCUT2D eigenvalue weighted by molar-refractivity contribution is 7.89. The fraction of sp³-hybridized carbons (Fsp3) is 0.846. The molecular formula is C13H26N2O4S2. The predicted octanol–water partition coefficient (Wildman–Crippen LogP) is 1.08. The fourth-order valence-electron chi connectivity index (χ4n) is 2.27. The zero-order valence-electron chi connectivity index (χ0n) is 12.8. The van der Waals surface area contributed by atoms with Crippen LogP contribution in [0, 0.1) is 0 Å². The molecule has 0 spiro atoms. The minimum Gasteiger partial charge on any atom is -0.214 e. The molecule has 8 heteroatoms. The Morgan fingerprint density at radius 2 is 1.90 bits per heavy atom. The maximum atomic E-state index is 11.8. The number of nitrogens with one attached hydrogen (secondary N) is 1. The van der Waals surface area contributed by atoms with Crippen molar-refractivity contribution in [3.05, 3.63) is 11.6 Å². The number of sulfonamides is 2. The maximum absolute atomic E-state index is 11.8. The molecule has 1 aliphatic rings. The Morgan fingerprint density at radius 3 is 2.43 bits per heavy atom. The summed E-state index contributed by atoms with van der Waals surface area (Å²) in [5.41, 5.74) is 1.31. The van der Waals surface area contributed by atoms with Crippen molar-refractivity contribution < 1.29 is 16.8 Å². The third-order valence-corrected chi connectivity index (χ3v) is 6.31. The van der Waals surface area contributed by atoms with Gasteiger partial charge in [0.2, 0.25) is 20.0 Å². The van der Waals surface area contributed by atoms with E-state index in [1.165, 1.54) is 22.7 Å². The molecule has 0 fully saturated rings. The van der Waals surface area contributed by atoms with Crippen LogP contribution in [0.1, 0.15) is 39.0 Å². The van der Waals surface area contributed by atoms with Gasteiger partial charge in [0.05, 0.1) is 12.0 Å². The van der Waals surface area contributed by atoms with Crippen LogP contribution in [-0.4, -0.2) is 52.8 Å². The molecule has 0 aromatic heterocycles. The lowest BCUT2D eigenvalue weighted by molar-refractivity contribution is 0.416. The van der Waals surface area contributed by atoms with Gasteiger partial charge in [-0.25, -0.2) is 25.9 Å². The molecule has 1 N–H and O–H groups in total. The molecule has 0 heterocycles. The van der Waals surface area contributed by atoms with Gasteiger partial charge in [0.1, 0.15) is 0 Å². The predicted molar refractivity (Wildman–Crippen MR) is 85.0 cm³/mol. The van der Waals surface area contributed by atoms with Crippen molar-refractivity contribution in [1.29, 1.82) is 0 Å². The second kappa shape index (κ2) is 8.26. The summed E-state index contributed by atoms with van der Waals surface area (Å²) in [6, 6.07) is 0. The quantitative estimate of drug-likeness (QED) is 0.638. The Kier molecular flexibility index (Phi) is 7.32. The first kappa shape index (κ1) is 18.6. The molecule has 0 saturated carbocycles. The van der Waals surface area contributed by atoms with Crippen molar-refractivity contribution in [3.63, 3.8) is 0 Å². The van der Waals surface area contributed by atoms with E-state index in [1.54, 1.807) is 6.92 Å². The summed E-state index contributed by atoms with van der Waals surface area (Å²) in [6.07, 6.45) is 8.58. The number of hydrogen-bond acceptors (Lipinski definition) is 4. The van der Waals surface area contributed by atoms with E-state index < -0.39 is 20.0 Å². The second-order valence-corrected chi connectivity index (χ2v) is 9.40. The lowest BCUT2D eigenvalue weighted by Crippen LogP contribution is -2.39. The van der Waals surface area contributed by atoms with E-state index in [1.807, 2.05) is 0 Å². The van der Waals surface area contributed by atoms with E-state index in [9.17, 15) is 16.8 Å². The number of hydrogen-bond donors (Lipinski definition) is 1. The molecule has 0 aromatic rings. The standard InChI is InChI=1S/C13H26N2O4S2/c1-3-21(18,19)14-10-12-15(20(2,16)17)11-9-13-7-5-4-6-8-13/h7,14H,3-6,8-12H2,1-2H3. The monoisotopic (exact) mass is 338 g/mol. The summed E-state index contributed by atoms with van der Waals surface area (Å²) in [6.45, 7) is 2.25. The molecule has 0 radical (unpaired) electrons. The van der Waals surface area contributed by atoms with E-state index in [0.29, 0.717) is 6.54 Å². The Morgan fingerprint density at radius 1 is 1.19 bits per heavy atom. The van der Waals surface area contributed by atoms with Crippen LogP contribution in [0.5, 0.6) is 0 Å². The molecule has 124 valence electrons. The van der Waals surface area contributed by atoms with Crippen LogP contribution in [0.25, 0.3) is 0 Å². The van der Waals surface area contributed by atoms with Crippen LogP contribution in [-0.2, 0) is 20.0 Å². The van der Waals surface area contributed by atoms with Crippen LogP contribution in [0.3, 0.4) is 0 Å². The van der Waals surface area contributed by atoms with Crippen molar-refractivity contribution in [1.82, 2.24) is 9.03 Å². The summed E-state index contributed by atoms with van der Waals surface area (Å²) in [5.74, 6) is -0.00123. The summed E-state index contributed by atoms with van der Waals surface area (Å²) >= 11 is 0. The van der Waals surface area contributed by atoms with Gasteiger partial charge in [-0.2, -0.15) is 0 Å². The molecule has 1 aliphatic carbocycles. The molecule has 0 unspecified atom stereocenters. The summed E-state index contributed by atoms with van der Waals surface area (Å²) in [4.78, 5) is 0. The molecule has 21 heavy (non-hydrogen) atoms. The largest absolute Gasteiger partial charge is 0.214 e. The van der Waals surface area contributed by atoms with Gasteiger partial charge in [0.25, 0.3) is 0 Å². The Balaban J connectivity index is 2.51. The van der Waals surface area contributed by atoms with Gasteiger partial charge in [-0.15, -0.1) is 0 Å². The van der Waals surface area contributed by atoms with Crippen molar-refractivity contribution in [2.75, 3.05) is 31.6 Å². The van der Waals surface area contributed by atoms with Crippen LogP contribution in [0.4, 0.5) is 0 Å². The third-order valence-electron chi connectivity index (χ3n) is 3.60. The molecule has 0 atom stereocenters. The second-order valence-electron chi connectivity index (χ2n) is 5.32. The Hall–Kier alpha value is -0.440. The SMILES string of the molecule is CCS(=O)(=O)NCCN(CCC1=CCCCC1)S(C)(=O)=O. The smallest absolute Gasteiger partial charge is 0.211 e. The number of allylic oxidation sites excluding steroid dienone is 1. The van der Waals surface area contributed by atoms with E-state index >= 15 is 0 Å². The average Bonchev–Trinajstić information content (AvgIpc) is 2.42. The van der Waals surface area contributed by atoms with Gasteiger partial charge in [-0.3, -0.25) is 0 Å². The van der Waals surface area contributed by atoms with Gasteiger partial charge in [-0.1, -0.05) is 11.6 Å². The first-order valence-electron chi connectivity index (χ1n) is 7.35. The molecule has 0 bridgehead atoms. The lowest BCUT2D eigenvalue weighted by Gasteiger charge is -2.21. The van der Waals surface area contributed by atoms with Crippen molar-refractivity contribution >= 4 is 20.0 Å². The fourth-order valence-corrected chi connectivity index (χ4v) is 3.72. The third kappa shape index (κ3) is 7.39. The van der Waals surface area contributed by atoms with Crippen molar-refractivity contribution in [2.45, 2.75) is 39.0 Å². The van der Waals surface area contributed by atoms with Crippen LogP contribution < -0.4 is 4.72 Å². The highest BCUT2D eigenvalue weighted by atomic mass is 32.2. The average molecular weight is 338 g/mol. The minimum absolute atomic E-state index is 0.00123. The normalized spacial score (nSPS) is 17.0. The summed E-state index contributed by atoms with van der Waals surface area (Å²) in [5, 5.41) is 0. The van der Waals surface area contributed by atoms with Crippen molar-refractivity contribution in [3.8, 4) is 0 Å². The summed E-state index contributed by atoms with van der Waals surface area (Å²) < 4.78 is 50.0. The van der Waals surface area contributed by atoms with Gasteiger partial charge < -0.3 is 0 Å². The Labute approximate surface area is 128 Å². The minimum atomic E-state index is -3.32. The molecule has 0 amide bonds. The first-order chi connectivity index (χ1) is 9.74. The van der Waals surface area contributed by atoms with Crippen molar-refractivity contribution in [2.24, 2.45) is 0 Å². The van der Waals surface area contributed by atoms with Crippen LogP contribution >= 0.6 is 0 Å². The number of rotatable bonds is 9. The van der Waals surface area contributed by atoms with Crippen LogP contribution in [0.2, 0.25) is 0 Å². The van der Waals surface area contributed by atoms with Gasteiger partial charge >= 0.3 is 0 Å². The van der Waals surface area contributed by atoms with E-state index in [4.69, 9.17) is 0 Å². The first-order valence-corrected chi connectivity index (χ1v) is 10.8. The van der Waals surface area contributed by atoms with Gasteiger partial charge in [0.15, 0.2) is 0 Å². The van der Waals surface area contributed by atoms with Crippen LogP contribution in [0.15, 0.2) is 11.6 Å². The lowest BCUT2D eigenvalue weighted by atomic mass is 9.97. The van der Waals surface area contributed by atoms with E-state index in [-0.39, 0.29) is 18.8 Å². The molecule has 0 aromatic carbocycles. The topological polar surface area (TPSA) is 83.6 Å². The zero-order valence-corrected chi connectivity index (χ0v) is 14.5. The summed E-state index contributed by atoms with van der Waals surface area (Å²) in [7, 11) is -6.60. The molecular weight excluding hydrogens is 312 g/mol. The highest BCUT2D eigenvalue weighted by Crippen LogP contribution is 2.20. The highest BCUT2D eigenvalue weighted by Gasteiger charge is 2.18. The molecule has 0 aliphatic heterocycles. The number of nitrogens with zero attached hydrogens (tertiary/aromatic N) is 1. The molecule has 1 rings (SSSR count). The molecule has 0 saturated heterocycles. The van der Waals surface area contributed by atoms with E-state index in [2.05, 4.69) is 10.8 Å². The maximum Gasteiger partial charge on any atom is 0.211 e.